The lowest BCUT2D eigenvalue weighted by molar-refractivity contribution is -0.384. The molecule has 0 unspecified atom stereocenters. The largest absolute Gasteiger partial charge is 0.455 e. The first kappa shape index (κ1) is 46.4. The summed E-state index contributed by atoms with van der Waals surface area (Å²) in [7, 11) is -5.42. The number of fused-ring (bicyclic) bond motifs is 1. The van der Waals surface area contributed by atoms with Crippen molar-refractivity contribution in [3.05, 3.63) is 106 Å². The van der Waals surface area contributed by atoms with Crippen LogP contribution in [0.15, 0.2) is 78.0 Å². The van der Waals surface area contributed by atoms with Crippen molar-refractivity contribution in [3.8, 4) is 11.5 Å². The molecular weight excluding hydrogens is 886 g/mol. The number of ether oxygens (including phenoxy) is 1. The molecule has 3 aromatic heterocycles. The van der Waals surface area contributed by atoms with E-state index in [9.17, 15) is 36.5 Å². The number of halogens is 3. The van der Waals surface area contributed by atoms with Crippen LogP contribution in [0.3, 0.4) is 0 Å². The molecule has 0 bridgehead atoms. The van der Waals surface area contributed by atoms with E-state index in [1.165, 1.54) is 36.2 Å². The molecule has 3 N–H and O–H groups in total. The second kappa shape index (κ2) is 18.4. The molecule has 356 valence electrons. The van der Waals surface area contributed by atoms with E-state index in [4.69, 9.17) is 4.74 Å². The Bertz CT molecular complexity index is 2760. The fourth-order valence-electron chi connectivity index (χ4n) is 11.0. The number of hydrogen-bond donors (Lipinski definition) is 3. The molecule has 1 spiro atoms. The molecule has 18 heteroatoms. The highest BCUT2D eigenvalue weighted by molar-refractivity contribution is 7.90. The first-order valence-electron chi connectivity index (χ1n) is 23.4. The molecule has 9 rings (SSSR count). The zero-order valence-electron chi connectivity index (χ0n) is 37.9. The third-order valence-electron chi connectivity index (χ3n) is 14.7. The van der Waals surface area contributed by atoms with Gasteiger partial charge in [-0.05, 0) is 116 Å². The molecule has 0 radical (unpaired) electrons. The smallest absolute Gasteiger partial charge is 0.434 e. The van der Waals surface area contributed by atoms with Gasteiger partial charge >= 0.3 is 11.9 Å². The number of nitrogens with one attached hydrogen (secondary N) is 3. The zero-order chi connectivity index (χ0) is 47.3. The number of nitro groups is 1. The predicted molar refractivity (Wildman–Crippen MR) is 249 cm³/mol. The number of amides is 1. The molecule has 5 heterocycles. The minimum atomic E-state index is -5.42. The van der Waals surface area contributed by atoms with Crippen LogP contribution in [0.5, 0.6) is 11.5 Å². The molecule has 2 aliphatic carbocycles. The van der Waals surface area contributed by atoms with Crippen LogP contribution in [-0.2, 0) is 16.2 Å². The summed E-state index contributed by atoms with van der Waals surface area (Å²) in [6.45, 7) is 9.32. The number of pyridine rings is 2. The maximum absolute atomic E-state index is 14.6. The number of hydrogen-bond acceptors (Lipinski definition) is 11. The van der Waals surface area contributed by atoms with E-state index in [-0.39, 0.29) is 34.9 Å². The predicted octanol–water partition coefficient (Wildman–Crippen LogP) is 10.7. The number of nitrogens with zero attached hydrogens (tertiary/aromatic N) is 5. The van der Waals surface area contributed by atoms with Gasteiger partial charge in [-0.3, -0.25) is 19.8 Å². The summed E-state index contributed by atoms with van der Waals surface area (Å²) in [5, 5.41) is 15.6. The second-order valence-electron chi connectivity index (χ2n) is 19.5. The Morgan fingerprint density at radius 3 is 2.48 bits per heavy atom. The minimum Gasteiger partial charge on any atom is -0.455 e. The highest BCUT2D eigenvalue weighted by Crippen LogP contribution is 2.54. The highest BCUT2D eigenvalue weighted by atomic mass is 32.2. The van der Waals surface area contributed by atoms with Crippen molar-refractivity contribution in [2.45, 2.75) is 114 Å². The highest BCUT2D eigenvalue weighted by Gasteiger charge is 2.50. The standard InChI is InChI=1S/C49H57F3N8O6S/c1-30(2)37-7-4-5-8-38(37)40-9-6-20-59(40)35-26-48(27-35)17-21-58(22-18-48)34-14-15-39(42(24-34)66-36-23-33-16-19-53-45(33)55-29-36)47(61)57-67(64,65)43-25-41(60(62)63)46(56-44(43)49(50,51)52)54-28-32-12-10-31(3)11-13-32/h4-5,7-8,14-16,19,23-25,29-32,35,40H,6,9-13,17-18,20-22,26-28H2,1-3H3,(H,53,55)(H,54,56)(H,57,61)/t31-,32+,40-/m0/s1. The van der Waals surface area contributed by atoms with Crippen LogP contribution in [-0.4, -0.2) is 71.3 Å². The van der Waals surface area contributed by atoms with Gasteiger partial charge < -0.3 is 19.9 Å². The lowest BCUT2D eigenvalue weighted by Gasteiger charge is -2.56. The van der Waals surface area contributed by atoms with Crippen molar-refractivity contribution < 1.29 is 36.0 Å². The maximum atomic E-state index is 14.6. The number of likely N-dealkylation sites (tertiary alicyclic amines) is 1. The number of H-pyrrole nitrogens is 1. The molecule has 1 amide bonds. The zero-order valence-corrected chi connectivity index (χ0v) is 38.8. The number of alkyl halides is 3. The average molecular weight is 943 g/mol. The Morgan fingerprint density at radius 2 is 1.76 bits per heavy atom. The van der Waals surface area contributed by atoms with Crippen molar-refractivity contribution in [1.29, 1.82) is 0 Å². The van der Waals surface area contributed by atoms with E-state index in [1.54, 1.807) is 35.2 Å². The number of carbonyl (C=O) groups is 1. The molecule has 5 aromatic rings. The minimum absolute atomic E-state index is 0.0483. The third kappa shape index (κ3) is 9.69. The van der Waals surface area contributed by atoms with Gasteiger partial charge in [0, 0.05) is 61.1 Å². The first-order chi connectivity index (χ1) is 32.0. The van der Waals surface area contributed by atoms with Crippen molar-refractivity contribution in [2.75, 3.05) is 36.4 Å². The van der Waals surface area contributed by atoms with Crippen molar-refractivity contribution >= 4 is 44.2 Å². The number of rotatable bonds is 13. The van der Waals surface area contributed by atoms with E-state index >= 15 is 0 Å². The topological polar surface area (TPSA) is 176 Å². The SMILES string of the molecule is CC(C)c1ccccc1[C@@H]1CCCN1C1CC2(CCN(c3ccc(C(=O)NS(=O)(=O)c4cc([N+](=O)[O-])c(NC[C@H]5CC[C@@H](C)CC5)nc4C(F)(F)F)c(Oc4cnc5[nH]ccc5c4)c3)CC2)C1. The van der Waals surface area contributed by atoms with Crippen LogP contribution < -0.4 is 19.7 Å². The summed E-state index contributed by atoms with van der Waals surface area (Å²) in [6.07, 6.45) is 7.70. The molecule has 2 aliphatic heterocycles. The van der Waals surface area contributed by atoms with E-state index in [2.05, 4.69) is 75.1 Å². The van der Waals surface area contributed by atoms with Crippen LogP contribution in [0.2, 0.25) is 0 Å². The molecule has 14 nitrogen and oxygen atoms in total. The third-order valence-corrected chi connectivity index (χ3v) is 16.1. The van der Waals surface area contributed by atoms with Gasteiger partial charge in [0.05, 0.1) is 16.7 Å². The molecule has 67 heavy (non-hydrogen) atoms. The molecule has 4 fully saturated rings. The Kier molecular flexibility index (Phi) is 12.7. The van der Waals surface area contributed by atoms with Crippen LogP contribution >= 0.6 is 0 Å². The number of carbonyl (C=O) groups excluding carboxylic acids is 1. The lowest BCUT2D eigenvalue weighted by atomic mass is 9.59. The summed E-state index contributed by atoms with van der Waals surface area (Å²) in [6, 6.07) is 18.2. The summed E-state index contributed by atoms with van der Waals surface area (Å²) >= 11 is 0. The Labute approximate surface area is 388 Å². The molecule has 4 aliphatic rings. The summed E-state index contributed by atoms with van der Waals surface area (Å²) in [5.74, 6) is -0.848. The molecule has 2 saturated carbocycles. The monoisotopic (exact) mass is 942 g/mol. The average Bonchev–Trinajstić information content (AvgIpc) is 3.97. The van der Waals surface area contributed by atoms with Crippen molar-refractivity contribution in [3.63, 3.8) is 0 Å². The fraction of sp³-hybridized carbons (Fsp3) is 0.490. The Balaban J connectivity index is 0.940. The van der Waals surface area contributed by atoms with E-state index in [1.807, 2.05) is 0 Å². The summed E-state index contributed by atoms with van der Waals surface area (Å²) in [4.78, 5) is 39.4. The van der Waals surface area contributed by atoms with Crippen LogP contribution in [0.4, 0.5) is 30.4 Å². The lowest BCUT2D eigenvalue weighted by Crippen LogP contribution is -2.54. The number of aromatic nitrogens is 3. The van der Waals surface area contributed by atoms with Crippen molar-refractivity contribution in [1.82, 2.24) is 24.6 Å². The number of aromatic amines is 1. The Morgan fingerprint density at radius 1 is 1.01 bits per heavy atom. The number of benzene rings is 2. The van der Waals surface area contributed by atoms with Gasteiger partial charge in [0.2, 0.25) is 5.82 Å². The molecule has 1 atom stereocenters. The van der Waals surface area contributed by atoms with Crippen LogP contribution in [0, 0.1) is 27.4 Å². The van der Waals surface area contributed by atoms with E-state index in [0.29, 0.717) is 46.7 Å². The summed E-state index contributed by atoms with van der Waals surface area (Å²) in [5.41, 5.74) is 1.23. The fourth-order valence-corrected chi connectivity index (χ4v) is 12.1. The number of piperidine rings is 1. The second-order valence-corrected chi connectivity index (χ2v) is 21.1. The van der Waals surface area contributed by atoms with Crippen LogP contribution in [0.25, 0.3) is 11.0 Å². The van der Waals surface area contributed by atoms with Gasteiger partial charge in [0.1, 0.15) is 22.0 Å². The van der Waals surface area contributed by atoms with Gasteiger partial charge in [-0.2, -0.15) is 13.2 Å². The first-order valence-corrected chi connectivity index (χ1v) is 24.9. The normalized spacial score (nSPS) is 21.4. The molecule has 2 aromatic carbocycles. The van der Waals surface area contributed by atoms with Gasteiger partial charge in [-0.1, -0.05) is 57.9 Å². The number of anilines is 2. The quantitative estimate of drug-likeness (QED) is 0.0756. The maximum Gasteiger partial charge on any atom is 0.434 e. The molecular formula is C49H57F3N8O6S. The summed E-state index contributed by atoms with van der Waals surface area (Å²) < 4.78 is 79.5. The van der Waals surface area contributed by atoms with Crippen molar-refractivity contribution in [2.24, 2.45) is 17.3 Å². The van der Waals surface area contributed by atoms with Gasteiger partial charge in [-0.25, -0.2) is 23.1 Å². The molecule has 2 saturated heterocycles. The number of sulfonamides is 1. The Hall–Kier alpha value is -5.75. The van der Waals surface area contributed by atoms with Gasteiger partial charge in [-0.15, -0.1) is 0 Å². The van der Waals surface area contributed by atoms with E-state index < -0.39 is 49.1 Å². The van der Waals surface area contributed by atoms with E-state index in [0.717, 1.165) is 71.0 Å². The van der Waals surface area contributed by atoms with Gasteiger partial charge in [0.25, 0.3) is 15.9 Å². The van der Waals surface area contributed by atoms with Crippen LogP contribution in [0.1, 0.15) is 124 Å². The van der Waals surface area contributed by atoms with Gasteiger partial charge in [0.15, 0.2) is 5.69 Å².